The maximum absolute atomic E-state index is 6.34. The first-order valence-corrected chi connectivity index (χ1v) is 10.5. The van der Waals surface area contributed by atoms with Crippen molar-refractivity contribution in [3.8, 4) is 22.4 Å². The third-order valence-electron chi connectivity index (χ3n) is 6.31. The molecule has 3 heterocycles. The fourth-order valence-electron chi connectivity index (χ4n) is 4.47. The number of nitrogen functional groups attached to an aromatic ring is 1. The van der Waals surface area contributed by atoms with E-state index in [0.29, 0.717) is 11.9 Å². The van der Waals surface area contributed by atoms with Crippen molar-refractivity contribution >= 4 is 27.6 Å². The lowest BCUT2D eigenvalue weighted by Crippen LogP contribution is -2.15. The molecule has 5 aromatic rings. The van der Waals surface area contributed by atoms with Crippen molar-refractivity contribution in [3.05, 3.63) is 79.1 Å². The summed E-state index contributed by atoms with van der Waals surface area (Å²) < 4.78 is 2.39. The molecule has 2 aromatic carbocycles. The lowest BCUT2D eigenvalue weighted by molar-refractivity contribution is 0.322. The molecule has 4 heteroatoms. The molecule has 0 aliphatic heterocycles. The van der Waals surface area contributed by atoms with Gasteiger partial charge in [0.05, 0.1) is 16.7 Å². The van der Waals surface area contributed by atoms with Gasteiger partial charge >= 0.3 is 0 Å². The third-order valence-corrected chi connectivity index (χ3v) is 6.31. The molecule has 0 unspecified atom stereocenters. The van der Waals surface area contributed by atoms with Gasteiger partial charge in [0.25, 0.3) is 0 Å². The number of anilines is 1. The number of pyridine rings is 2. The molecule has 1 aliphatic rings. The highest BCUT2D eigenvalue weighted by atomic mass is 15.0. The molecule has 0 radical (unpaired) electrons. The zero-order valence-electron chi connectivity index (χ0n) is 16.6. The molecule has 1 saturated carbocycles. The van der Waals surface area contributed by atoms with Gasteiger partial charge in [-0.2, -0.15) is 0 Å². The third kappa shape index (κ3) is 2.68. The van der Waals surface area contributed by atoms with E-state index >= 15 is 0 Å². The number of aromatic nitrogens is 3. The summed E-state index contributed by atoms with van der Waals surface area (Å²) >= 11 is 0. The Hall–Kier alpha value is -3.66. The number of fused-ring (bicyclic) bond motifs is 2. The maximum atomic E-state index is 6.34. The molecule has 0 spiro atoms. The molecule has 0 atom stereocenters. The van der Waals surface area contributed by atoms with E-state index in [1.165, 1.54) is 24.8 Å². The minimum absolute atomic E-state index is 0.561. The van der Waals surface area contributed by atoms with E-state index in [1.807, 2.05) is 24.4 Å². The number of nitrogens with zero attached hydrogens (tertiary/aromatic N) is 3. The molecule has 3 aromatic heterocycles. The van der Waals surface area contributed by atoms with Crippen molar-refractivity contribution < 1.29 is 0 Å². The first kappa shape index (κ1) is 17.2. The topological polar surface area (TPSA) is 56.7 Å². The lowest BCUT2D eigenvalue weighted by Gasteiger charge is -2.28. The van der Waals surface area contributed by atoms with Gasteiger partial charge in [-0.3, -0.25) is 0 Å². The second-order valence-corrected chi connectivity index (χ2v) is 8.10. The average molecular weight is 390 g/mol. The molecule has 1 aliphatic carbocycles. The Bertz CT molecular complexity index is 1380. The fraction of sp³-hybridized carbons (Fsp3) is 0.154. The van der Waals surface area contributed by atoms with Gasteiger partial charge in [0, 0.05) is 40.3 Å². The highest BCUT2D eigenvalue weighted by Crippen LogP contribution is 2.41. The number of rotatable bonds is 3. The summed E-state index contributed by atoms with van der Waals surface area (Å²) in [7, 11) is 0. The van der Waals surface area contributed by atoms with Crippen LogP contribution in [0.3, 0.4) is 0 Å². The van der Waals surface area contributed by atoms with Crippen LogP contribution in [0.5, 0.6) is 0 Å². The van der Waals surface area contributed by atoms with Crippen LogP contribution in [0.2, 0.25) is 0 Å². The largest absolute Gasteiger partial charge is 0.383 e. The minimum atomic E-state index is 0.561. The Morgan fingerprint density at radius 3 is 2.53 bits per heavy atom. The van der Waals surface area contributed by atoms with E-state index < -0.39 is 0 Å². The van der Waals surface area contributed by atoms with Gasteiger partial charge in [-0.25, -0.2) is 9.97 Å². The summed E-state index contributed by atoms with van der Waals surface area (Å²) in [5.41, 5.74) is 12.9. The average Bonchev–Trinajstić information content (AvgIpc) is 3.13. The van der Waals surface area contributed by atoms with Gasteiger partial charge < -0.3 is 10.3 Å². The molecule has 0 bridgehead atoms. The summed E-state index contributed by atoms with van der Waals surface area (Å²) in [6.07, 6.45) is 7.82. The van der Waals surface area contributed by atoms with Crippen LogP contribution < -0.4 is 5.73 Å². The zero-order chi connectivity index (χ0) is 20.1. The van der Waals surface area contributed by atoms with Gasteiger partial charge in [0.15, 0.2) is 0 Å². The normalized spacial score (nSPS) is 14.3. The van der Waals surface area contributed by atoms with Gasteiger partial charge in [0.2, 0.25) is 0 Å². The van der Waals surface area contributed by atoms with E-state index in [9.17, 15) is 0 Å². The first-order chi connectivity index (χ1) is 14.8. The van der Waals surface area contributed by atoms with Crippen LogP contribution >= 0.6 is 0 Å². The van der Waals surface area contributed by atoms with Crippen molar-refractivity contribution in [1.29, 1.82) is 0 Å². The highest BCUT2D eigenvalue weighted by molar-refractivity contribution is 6.03. The first-order valence-electron chi connectivity index (χ1n) is 10.5. The van der Waals surface area contributed by atoms with E-state index in [2.05, 4.69) is 64.3 Å². The smallest absolute Gasteiger partial charge is 0.133 e. The van der Waals surface area contributed by atoms with E-state index in [4.69, 9.17) is 10.7 Å². The molecular weight excluding hydrogens is 368 g/mol. The molecule has 0 saturated heterocycles. The predicted molar refractivity (Wildman–Crippen MR) is 123 cm³/mol. The maximum Gasteiger partial charge on any atom is 0.133 e. The van der Waals surface area contributed by atoms with E-state index in [-0.39, 0.29) is 0 Å². The Morgan fingerprint density at radius 1 is 0.900 bits per heavy atom. The summed E-state index contributed by atoms with van der Waals surface area (Å²) in [5, 5.41) is 2.18. The number of hydrogen-bond donors (Lipinski definition) is 1. The van der Waals surface area contributed by atoms with Crippen LogP contribution in [0.25, 0.3) is 44.2 Å². The summed E-state index contributed by atoms with van der Waals surface area (Å²) in [6.45, 7) is 0. The summed E-state index contributed by atoms with van der Waals surface area (Å²) in [4.78, 5) is 9.32. The molecular formula is C26H22N4. The predicted octanol–water partition coefficient (Wildman–Crippen LogP) is 6.23. The minimum Gasteiger partial charge on any atom is -0.383 e. The molecule has 6 rings (SSSR count). The number of nitrogens with two attached hydrogens (primary N) is 1. The van der Waals surface area contributed by atoms with Crippen LogP contribution in [0.1, 0.15) is 25.3 Å². The Balaban J connectivity index is 1.53. The van der Waals surface area contributed by atoms with Crippen molar-refractivity contribution in [1.82, 2.24) is 14.5 Å². The molecule has 2 N–H and O–H groups in total. The monoisotopic (exact) mass is 390 g/mol. The summed E-state index contributed by atoms with van der Waals surface area (Å²) in [5.74, 6) is 0.590. The Morgan fingerprint density at radius 2 is 1.73 bits per heavy atom. The SMILES string of the molecule is Nc1nccc2c1c(-c1ccc3ccc(-c4ccccc4)nc3c1)cn2C1CCC1. The van der Waals surface area contributed by atoms with Crippen LogP contribution in [0.4, 0.5) is 5.82 Å². The standard InChI is InChI=1S/C26H22N4/c27-26-25-21(16-30(20-7-4-8-20)24(25)13-14-28-26)19-10-9-18-11-12-22(29-23(18)15-19)17-5-2-1-3-6-17/h1-3,5-6,9-16,20H,4,7-8H2,(H2,27,28). The van der Waals surface area contributed by atoms with Crippen molar-refractivity contribution in [2.75, 3.05) is 5.73 Å². The van der Waals surface area contributed by atoms with Gasteiger partial charge in [-0.15, -0.1) is 0 Å². The van der Waals surface area contributed by atoms with Gasteiger partial charge in [0.1, 0.15) is 5.82 Å². The fourth-order valence-corrected chi connectivity index (χ4v) is 4.47. The van der Waals surface area contributed by atoms with Gasteiger partial charge in [-0.1, -0.05) is 48.5 Å². The van der Waals surface area contributed by atoms with Crippen molar-refractivity contribution in [2.45, 2.75) is 25.3 Å². The molecule has 30 heavy (non-hydrogen) atoms. The quantitative estimate of drug-likeness (QED) is 0.397. The van der Waals surface area contributed by atoms with Crippen molar-refractivity contribution in [2.24, 2.45) is 0 Å². The molecule has 146 valence electrons. The lowest BCUT2D eigenvalue weighted by atomic mass is 9.93. The van der Waals surface area contributed by atoms with Crippen LogP contribution in [0, 0.1) is 0 Å². The Labute approximate surface area is 175 Å². The van der Waals surface area contributed by atoms with Crippen LogP contribution in [-0.2, 0) is 0 Å². The van der Waals surface area contributed by atoms with Crippen molar-refractivity contribution in [3.63, 3.8) is 0 Å². The number of hydrogen-bond acceptors (Lipinski definition) is 3. The second-order valence-electron chi connectivity index (χ2n) is 8.10. The van der Waals surface area contributed by atoms with Gasteiger partial charge in [-0.05, 0) is 43.0 Å². The molecule has 0 amide bonds. The van der Waals surface area contributed by atoms with E-state index in [1.54, 1.807) is 0 Å². The molecule has 1 fully saturated rings. The number of benzene rings is 2. The molecule has 4 nitrogen and oxygen atoms in total. The van der Waals surface area contributed by atoms with Crippen LogP contribution in [-0.4, -0.2) is 14.5 Å². The zero-order valence-corrected chi connectivity index (χ0v) is 16.6. The second kappa shape index (κ2) is 6.70. The van der Waals surface area contributed by atoms with Crippen LogP contribution in [0.15, 0.2) is 79.1 Å². The Kier molecular flexibility index (Phi) is 3.85. The van der Waals surface area contributed by atoms with E-state index in [0.717, 1.165) is 38.7 Å². The highest BCUT2D eigenvalue weighted by Gasteiger charge is 2.23. The summed E-state index contributed by atoms with van der Waals surface area (Å²) in [6, 6.07) is 23.7.